The van der Waals surface area contributed by atoms with Gasteiger partial charge >= 0.3 is 12.0 Å². The van der Waals surface area contributed by atoms with E-state index in [-0.39, 0.29) is 17.8 Å². The number of amides is 2. The largest absolute Gasteiger partial charge is 0.480 e. The number of aliphatic carboxylic acids is 1. The van der Waals surface area contributed by atoms with Gasteiger partial charge in [-0.25, -0.2) is 9.59 Å². The Morgan fingerprint density at radius 3 is 2.52 bits per heavy atom. The van der Waals surface area contributed by atoms with Gasteiger partial charge in [0, 0.05) is 17.3 Å². The summed E-state index contributed by atoms with van der Waals surface area (Å²) in [6.45, 7) is 4.60. The summed E-state index contributed by atoms with van der Waals surface area (Å²) in [5.74, 6) is -1.16. The van der Waals surface area contributed by atoms with E-state index in [1.165, 1.54) is 25.1 Å². The predicted octanol–water partition coefficient (Wildman–Crippen LogP) is 2.28. The van der Waals surface area contributed by atoms with Gasteiger partial charge < -0.3 is 15.7 Å². The highest BCUT2D eigenvalue weighted by Gasteiger charge is 2.32. The quantitative estimate of drug-likeness (QED) is 0.568. The van der Waals surface area contributed by atoms with E-state index < -0.39 is 22.5 Å². The molecule has 0 aliphatic carbocycles. The van der Waals surface area contributed by atoms with Crippen LogP contribution >= 0.6 is 0 Å². The van der Waals surface area contributed by atoms with Crippen LogP contribution in [0.2, 0.25) is 0 Å². The highest BCUT2D eigenvalue weighted by atomic mass is 16.6. The maximum absolute atomic E-state index is 11.8. The van der Waals surface area contributed by atoms with E-state index in [1.807, 2.05) is 0 Å². The molecule has 1 aromatic carbocycles. The maximum atomic E-state index is 11.8. The summed E-state index contributed by atoms with van der Waals surface area (Å²) in [4.78, 5) is 33.2. The third-order valence-electron chi connectivity index (χ3n) is 3.23. The zero-order valence-corrected chi connectivity index (χ0v) is 12.0. The third-order valence-corrected chi connectivity index (χ3v) is 3.23. The fourth-order valence-corrected chi connectivity index (χ4v) is 1.59. The molecule has 21 heavy (non-hydrogen) atoms. The van der Waals surface area contributed by atoms with Gasteiger partial charge in [-0.1, -0.05) is 13.0 Å². The van der Waals surface area contributed by atoms with Crippen LogP contribution in [0, 0.1) is 17.0 Å². The van der Waals surface area contributed by atoms with Gasteiger partial charge in [0.1, 0.15) is 5.54 Å². The minimum Gasteiger partial charge on any atom is -0.480 e. The molecule has 0 aromatic heterocycles. The summed E-state index contributed by atoms with van der Waals surface area (Å²) in [5.41, 5.74) is -0.839. The van der Waals surface area contributed by atoms with Crippen molar-refractivity contribution < 1.29 is 19.6 Å². The van der Waals surface area contributed by atoms with Crippen molar-refractivity contribution in [2.45, 2.75) is 32.7 Å². The number of aryl methyl sites for hydroxylation is 1. The Bertz CT molecular complexity index is 587. The van der Waals surface area contributed by atoms with Crippen LogP contribution in [0.4, 0.5) is 16.2 Å². The number of carbonyl (C=O) groups excluding carboxylic acids is 1. The van der Waals surface area contributed by atoms with E-state index >= 15 is 0 Å². The predicted molar refractivity (Wildman–Crippen MR) is 76.3 cm³/mol. The number of hydrogen-bond donors (Lipinski definition) is 3. The molecule has 0 fully saturated rings. The van der Waals surface area contributed by atoms with Gasteiger partial charge in [0.25, 0.3) is 5.69 Å². The molecule has 2 amide bonds. The normalized spacial score (nSPS) is 13.1. The lowest BCUT2D eigenvalue weighted by molar-refractivity contribution is -0.385. The molecule has 1 unspecified atom stereocenters. The SMILES string of the molecule is CCC(C)(NC(=O)Nc1ccc(C)c([N+](=O)[O-])c1)C(=O)O. The van der Waals surface area contributed by atoms with Gasteiger partial charge in [-0.05, 0) is 26.3 Å². The minimum atomic E-state index is -1.40. The Morgan fingerprint density at radius 2 is 2.05 bits per heavy atom. The second-order valence-corrected chi connectivity index (χ2v) is 4.83. The van der Waals surface area contributed by atoms with E-state index in [0.717, 1.165) is 0 Å². The summed E-state index contributed by atoms with van der Waals surface area (Å²) in [5, 5.41) is 24.6. The van der Waals surface area contributed by atoms with Crippen LogP contribution in [0.25, 0.3) is 0 Å². The zero-order chi connectivity index (χ0) is 16.2. The van der Waals surface area contributed by atoms with Crippen molar-refractivity contribution in [3.05, 3.63) is 33.9 Å². The molecule has 8 nitrogen and oxygen atoms in total. The second kappa shape index (κ2) is 6.21. The number of nitrogens with one attached hydrogen (secondary N) is 2. The first-order valence-corrected chi connectivity index (χ1v) is 6.27. The monoisotopic (exact) mass is 295 g/mol. The third kappa shape index (κ3) is 3.91. The van der Waals surface area contributed by atoms with Crippen molar-refractivity contribution >= 4 is 23.4 Å². The number of rotatable bonds is 5. The fraction of sp³-hybridized carbons (Fsp3) is 0.385. The van der Waals surface area contributed by atoms with Crippen LogP contribution in [0.3, 0.4) is 0 Å². The number of carboxylic acid groups (broad SMARTS) is 1. The molecule has 1 atom stereocenters. The molecule has 1 aromatic rings. The molecule has 0 heterocycles. The summed E-state index contributed by atoms with van der Waals surface area (Å²) in [6, 6.07) is 3.49. The smallest absolute Gasteiger partial charge is 0.329 e. The molecule has 114 valence electrons. The van der Waals surface area contributed by atoms with Crippen molar-refractivity contribution in [1.29, 1.82) is 0 Å². The van der Waals surface area contributed by atoms with Crippen molar-refractivity contribution in [2.75, 3.05) is 5.32 Å². The van der Waals surface area contributed by atoms with Crippen molar-refractivity contribution in [3.8, 4) is 0 Å². The Labute approximate surface area is 121 Å². The van der Waals surface area contributed by atoms with E-state index in [2.05, 4.69) is 10.6 Å². The van der Waals surface area contributed by atoms with E-state index in [1.54, 1.807) is 13.8 Å². The number of urea groups is 1. The minimum absolute atomic E-state index is 0.121. The lowest BCUT2D eigenvalue weighted by atomic mass is 10.00. The van der Waals surface area contributed by atoms with Gasteiger partial charge in [-0.2, -0.15) is 0 Å². The number of nitrogens with zero attached hydrogens (tertiary/aromatic N) is 1. The van der Waals surface area contributed by atoms with Crippen molar-refractivity contribution in [3.63, 3.8) is 0 Å². The average molecular weight is 295 g/mol. The number of anilines is 1. The van der Waals surface area contributed by atoms with Gasteiger partial charge in [-0.3, -0.25) is 10.1 Å². The number of nitro groups is 1. The second-order valence-electron chi connectivity index (χ2n) is 4.83. The van der Waals surface area contributed by atoms with Gasteiger partial charge in [-0.15, -0.1) is 0 Å². The molecule has 0 spiro atoms. The number of carbonyl (C=O) groups is 2. The number of carboxylic acids is 1. The van der Waals surface area contributed by atoms with Crippen LogP contribution in [0.1, 0.15) is 25.8 Å². The molecular formula is C13H17N3O5. The van der Waals surface area contributed by atoms with Crippen LogP contribution < -0.4 is 10.6 Å². The molecule has 3 N–H and O–H groups in total. The summed E-state index contributed by atoms with van der Waals surface area (Å²) >= 11 is 0. The highest BCUT2D eigenvalue weighted by Crippen LogP contribution is 2.22. The number of benzene rings is 1. The Hall–Kier alpha value is -2.64. The summed E-state index contributed by atoms with van der Waals surface area (Å²) in [7, 11) is 0. The molecule has 0 aliphatic rings. The molecule has 0 saturated carbocycles. The highest BCUT2D eigenvalue weighted by molar-refractivity contribution is 5.94. The zero-order valence-electron chi connectivity index (χ0n) is 12.0. The molecule has 0 aliphatic heterocycles. The van der Waals surface area contributed by atoms with Gasteiger partial charge in [0.2, 0.25) is 0 Å². The molecule has 0 bridgehead atoms. The number of nitro benzene ring substituents is 1. The molecule has 1 rings (SSSR count). The Balaban J connectivity index is 2.87. The van der Waals surface area contributed by atoms with Crippen LogP contribution in [-0.2, 0) is 4.79 Å². The topological polar surface area (TPSA) is 122 Å². The standard InChI is InChI=1S/C13H17N3O5/c1-4-13(3,11(17)18)15-12(19)14-9-6-5-8(2)10(7-9)16(20)21/h5-7H,4H2,1-3H3,(H,17,18)(H2,14,15,19). The summed E-state index contributed by atoms with van der Waals surface area (Å²) in [6.07, 6.45) is 0.198. The molecular weight excluding hydrogens is 278 g/mol. The fourth-order valence-electron chi connectivity index (χ4n) is 1.59. The van der Waals surface area contributed by atoms with Crippen molar-refractivity contribution in [1.82, 2.24) is 5.32 Å². The Morgan fingerprint density at radius 1 is 1.43 bits per heavy atom. The Kier molecular flexibility index (Phi) is 4.85. The maximum Gasteiger partial charge on any atom is 0.329 e. The van der Waals surface area contributed by atoms with E-state index in [4.69, 9.17) is 5.11 Å². The van der Waals surface area contributed by atoms with Crippen LogP contribution in [-0.4, -0.2) is 27.6 Å². The lowest BCUT2D eigenvalue weighted by Gasteiger charge is -2.24. The molecule has 0 saturated heterocycles. The molecule has 0 radical (unpaired) electrons. The summed E-state index contributed by atoms with van der Waals surface area (Å²) < 4.78 is 0. The first kappa shape index (κ1) is 16.4. The van der Waals surface area contributed by atoms with E-state index in [0.29, 0.717) is 5.56 Å². The van der Waals surface area contributed by atoms with Gasteiger partial charge in [0.05, 0.1) is 4.92 Å². The van der Waals surface area contributed by atoms with Crippen LogP contribution in [0.5, 0.6) is 0 Å². The first-order chi connectivity index (χ1) is 9.69. The van der Waals surface area contributed by atoms with Crippen LogP contribution in [0.15, 0.2) is 18.2 Å². The number of hydrogen-bond acceptors (Lipinski definition) is 4. The first-order valence-electron chi connectivity index (χ1n) is 6.27. The van der Waals surface area contributed by atoms with Crippen molar-refractivity contribution in [2.24, 2.45) is 0 Å². The lowest BCUT2D eigenvalue weighted by Crippen LogP contribution is -2.53. The average Bonchev–Trinajstić information content (AvgIpc) is 2.40. The molecule has 8 heteroatoms. The van der Waals surface area contributed by atoms with E-state index in [9.17, 15) is 19.7 Å². The van der Waals surface area contributed by atoms with Gasteiger partial charge in [0.15, 0.2) is 0 Å².